The number of rotatable bonds is 5. The van der Waals surface area contributed by atoms with Gasteiger partial charge in [-0.05, 0) is 42.3 Å². The second-order valence-corrected chi connectivity index (χ2v) is 4.99. The van der Waals surface area contributed by atoms with Gasteiger partial charge in [0, 0.05) is 16.6 Å². The van der Waals surface area contributed by atoms with E-state index in [2.05, 4.69) is 9.46 Å². The molecule has 110 valence electrons. The largest absolute Gasteiger partial charge is 0.507 e. The minimum absolute atomic E-state index is 0.127. The predicted molar refractivity (Wildman–Crippen MR) is 81.9 cm³/mol. The Morgan fingerprint density at radius 3 is 2.67 bits per heavy atom. The van der Waals surface area contributed by atoms with Crippen molar-refractivity contribution in [3.63, 3.8) is 0 Å². The van der Waals surface area contributed by atoms with Crippen molar-refractivity contribution in [3.8, 4) is 11.5 Å². The van der Waals surface area contributed by atoms with Crippen LogP contribution in [-0.4, -0.2) is 25.3 Å². The first-order valence-electron chi connectivity index (χ1n) is 6.12. The van der Waals surface area contributed by atoms with Gasteiger partial charge in [-0.2, -0.15) is 0 Å². The van der Waals surface area contributed by atoms with Gasteiger partial charge in [-0.15, -0.1) is 0 Å². The lowest BCUT2D eigenvalue weighted by Crippen LogP contribution is -2.01. The Kier molecular flexibility index (Phi) is 4.94. The first-order chi connectivity index (χ1) is 10.1. The molecule has 2 rings (SSSR count). The van der Waals surface area contributed by atoms with Crippen molar-refractivity contribution < 1.29 is 19.4 Å². The fourth-order valence-corrected chi connectivity index (χ4v) is 2.34. The molecule has 0 atom stereocenters. The first kappa shape index (κ1) is 15.1. The standard InChI is InChI=1S/C15H15NO4S/c1-19-11-4-3-5-12(9-11)21-16-10-6-7-13(14(17)8-10)15(18)20-2/h3-9,16-17H,1-2H3. The zero-order valence-electron chi connectivity index (χ0n) is 11.6. The Morgan fingerprint density at radius 2 is 2.00 bits per heavy atom. The Morgan fingerprint density at radius 1 is 1.19 bits per heavy atom. The molecule has 2 aromatic rings. The fourth-order valence-electron chi connectivity index (χ4n) is 1.66. The second kappa shape index (κ2) is 6.90. The van der Waals surface area contributed by atoms with Gasteiger partial charge in [-0.3, -0.25) is 0 Å². The maximum absolute atomic E-state index is 11.4. The van der Waals surface area contributed by atoms with Crippen LogP contribution in [0, 0.1) is 0 Å². The summed E-state index contributed by atoms with van der Waals surface area (Å²) in [6, 6.07) is 12.2. The highest BCUT2D eigenvalue weighted by Crippen LogP contribution is 2.28. The van der Waals surface area contributed by atoms with Crippen molar-refractivity contribution in [1.29, 1.82) is 0 Å². The highest BCUT2D eigenvalue weighted by atomic mass is 32.2. The molecule has 0 bridgehead atoms. The number of benzene rings is 2. The maximum Gasteiger partial charge on any atom is 0.341 e. The van der Waals surface area contributed by atoms with Gasteiger partial charge in [0.2, 0.25) is 0 Å². The molecule has 0 aliphatic heterocycles. The number of ether oxygens (including phenoxy) is 2. The van der Waals surface area contributed by atoms with Crippen LogP contribution >= 0.6 is 11.9 Å². The Labute approximate surface area is 127 Å². The van der Waals surface area contributed by atoms with Gasteiger partial charge >= 0.3 is 5.97 Å². The van der Waals surface area contributed by atoms with Crippen molar-refractivity contribution in [2.75, 3.05) is 18.9 Å². The number of carbonyl (C=O) groups is 1. The number of carbonyl (C=O) groups excluding carboxylic acids is 1. The summed E-state index contributed by atoms with van der Waals surface area (Å²) in [7, 11) is 2.88. The van der Waals surface area contributed by atoms with Gasteiger partial charge in [0.05, 0.1) is 14.2 Å². The molecule has 0 radical (unpaired) electrons. The van der Waals surface area contributed by atoms with Crippen molar-refractivity contribution in [2.45, 2.75) is 4.90 Å². The molecular weight excluding hydrogens is 290 g/mol. The molecule has 0 aromatic heterocycles. The molecule has 0 saturated heterocycles. The molecule has 5 nitrogen and oxygen atoms in total. The van der Waals surface area contributed by atoms with Crippen LogP contribution in [0.5, 0.6) is 11.5 Å². The van der Waals surface area contributed by atoms with E-state index < -0.39 is 5.97 Å². The minimum atomic E-state index is -0.570. The quantitative estimate of drug-likeness (QED) is 0.652. The van der Waals surface area contributed by atoms with Crippen LogP contribution in [0.25, 0.3) is 0 Å². The summed E-state index contributed by atoms with van der Waals surface area (Å²) in [5.41, 5.74) is 0.808. The number of hydrogen-bond donors (Lipinski definition) is 2. The second-order valence-electron chi connectivity index (χ2n) is 4.11. The van der Waals surface area contributed by atoms with Gasteiger partial charge in [0.25, 0.3) is 0 Å². The molecule has 0 aliphatic carbocycles. The number of hydrogen-bond acceptors (Lipinski definition) is 6. The Bertz CT molecular complexity index is 645. The van der Waals surface area contributed by atoms with E-state index in [1.54, 1.807) is 13.2 Å². The van der Waals surface area contributed by atoms with E-state index >= 15 is 0 Å². The van der Waals surface area contributed by atoms with Crippen molar-refractivity contribution in [1.82, 2.24) is 0 Å². The van der Waals surface area contributed by atoms with Crippen LogP contribution in [-0.2, 0) is 4.74 Å². The maximum atomic E-state index is 11.4. The number of esters is 1. The van der Waals surface area contributed by atoms with Gasteiger partial charge < -0.3 is 19.3 Å². The third-order valence-corrected chi connectivity index (χ3v) is 3.56. The van der Waals surface area contributed by atoms with E-state index in [0.29, 0.717) is 5.69 Å². The van der Waals surface area contributed by atoms with Crippen molar-refractivity contribution in [2.24, 2.45) is 0 Å². The van der Waals surface area contributed by atoms with Crippen molar-refractivity contribution in [3.05, 3.63) is 48.0 Å². The van der Waals surface area contributed by atoms with Crippen molar-refractivity contribution >= 4 is 23.6 Å². The topological polar surface area (TPSA) is 67.8 Å². The van der Waals surface area contributed by atoms with Gasteiger partial charge in [-0.1, -0.05) is 6.07 Å². The molecule has 0 aliphatic rings. The molecule has 6 heteroatoms. The summed E-state index contributed by atoms with van der Waals surface area (Å²) in [5.74, 6) is 0.0725. The van der Waals surface area contributed by atoms with E-state index in [1.807, 2.05) is 24.3 Å². The monoisotopic (exact) mass is 305 g/mol. The van der Waals surface area contributed by atoms with Crippen LogP contribution in [0.15, 0.2) is 47.4 Å². The van der Waals surface area contributed by atoms with Crippen LogP contribution in [0.2, 0.25) is 0 Å². The smallest absolute Gasteiger partial charge is 0.341 e. The summed E-state index contributed by atoms with van der Waals surface area (Å²) < 4.78 is 12.8. The number of anilines is 1. The van der Waals surface area contributed by atoms with Gasteiger partial charge in [-0.25, -0.2) is 4.79 Å². The average molecular weight is 305 g/mol. The van der Waals surface area contributed by atoms with E-state index in [0.717, 1.165) is 10.6 Å². The summed E-state index contributed by atoms with van der Waals surface area (Å²) in [4.78, 5) is 12.3. The molecule has 21 heavy (non-hydrogen) atoms. The van der Waals surface area contributed by atoms with Gasteiger partial charge in [0.1, 0.15) is 17.1 Å². The molecule has 2 N–H and O–H groups in total. The number of methoxy groups -OCH3 is 2. The third-order valence-electron chi connectivity index (χ3n) is 2.73. The third kappa shape index (κ3) is 3.82. The van der Waals surface area contributed by atoms with Gasteiger partial charge in [0.15, 0.2) is 0 Å². The van der Waals surface area contributed by atoms with Crippen LogP contribution in [0.1, 0.15) is 10.4 Å². The normalized spacial score (nSPS) is 10.0. The highest BCUT2D eigenvalue weighted by molar-refractivity contribution is 8.00. The minimum Gasteiger partial charge on any atom is -0.507 e. The number of aromatic hydroxyl groups is 1. The van der Waals surface area contributed by atoms with E-state index in [4.69, 9.17) is 4.74 Å². The molecule has 0 spiro atoms. The van der Waals surface area contributed by atoms with Crippen LogP contribution < -0.4 is 9.46 Å². The SMILES string of the molecule is COC(=O)c1ccc(NSc2cccc(OC)c2)cc1O. The number of phenols is 1. The number of phenolic OH excluding ortho intramolecular Hbond substituents is 1. The number of nitrogens with one attached hydrogen (secondary N) is 1. The highest BCUT2D eigenvalue weighted by Gasteiger charge is 2.11. The first-order valence-corrected chi connectivity index (χ1v) is 6.94. The molecule has 2 aromatic carbocycles. The molecule has 0 fully saturated rings. The van der Waals surface area contributed by atoms with Crippen LogP contribution in [0.4, 0.5) is 5.69 Å². The zero-order chi connectivity index (χ0) is 15.2. The van der Waals surface area contributed by atoms with E-state index in [-0.39, 0.29) is 11.3 Å². The fraction of sp³-hybridized carbons (Fsp3) is 0.133. The predicted octanol–water partition coefficient (Wildman–Crippen LogP) is 3.31. The molecule has 0 heterocycles. The summed E-state index contributed by atoms with van der Waals surface area (Å²) >= 11 is 1.37. The molecule has 0 saturated carbocycles. The Balaban J connectivity index is 2.06. The molecule has 0 amide bonds. The zero-order valence-corrected chi connectivity index (χ0v) is 12.4. The molecule has 0 unspecified atom stereocenters. The molecular formula is C15H15NO4S. The summed E-state index contributed by atoms with van der Waals surface area (Å²) in [5, 5.41) is 9.80. The summed E-state index contributed by atoms with van der Waals surface area (Å²) in [6.07, 6.45) is 0. The van der Waals surface area contributed by atoms with E-state index in [1.165, 1.54) is 31.2 Å². The van der Waals surface area contributed by atoms with E-state index in [9.17, 15) is 9.90 Å². The van der Waals surface area contributed by atoms with Crippen LogP contribution in [0.3, 0.4) is 0 Å². The Hall–Kier alpha value is -2.34. The lowest BCUT2D eigenvalue weighted by atomic mass is 10.2. The summed E-state index contributed by atoms with van der Waals surface area (Å²) in [6.45, 7) is 0. The average Bonchev–Trinajstić information content (AvgIpc) is 2.52. The lowest BCUT2D eigenvalue weighted by Gasteiger charge is -2.08. The lowest BCUT2D eigenvalue weighted by molar-refractivity contribution is 0.0597.